The number of hydrogen-bond acceptors (Lipinski definition) is 3. The molecule has 108 valence electrons. The molecule has 1 atom stereocenters. The summed E-state index contributed by atoms with van der Waals surface area (Å²) in [6, 6.07) is 3.99. The summed E-state index contributed by atoms with van der Waals surface area (Å²) in [5.41, 5.74) is 1.92. The maximum atomic E-state index is 12.6. The maximum Gasteiger partial charge on any atom is 0.252 e. The van der Waals surface area contributed by atoms with Crippen molar-refractivity contribution >= 4 is 16.8 Å². The van der Waals surface area contributed by atoms with Crippen LogP contribution in [0, 0.1) is 5.41 Å². The van der Waals surface area contributed by atoms with E-state index in [1.807, 2.05) is 6.07 Å². The Labute approximate surface area is 124 Å². The van der Waals surface area contributed by atoms with E-state index in [-0.39, 0.29) is 5.91 Å². The Balaban J connectivity index is 1.55. The minimum atomic E-state index is 0.0165. The van der Waals surface area contributed by atoms with E-state index in [9.17, 15) is 4.79 Å². The lowest BCUT2D eigenvalue weighted by Gasteiger charge is -2.22. The summed E-state index contributed by atoms with van der Waals surface area (Å²) in [5, 5.41) is 4.06. The number of amides is 1. The molecule has 0 bridgehead atoms. The van der Waals surface area contributed by atoms with E-state index in [0.29, 0.717) is 17.0 Å². The van der Waals surface area contributed by atoms with E-state index in [2.05, 4.69) is 15.3 Å². The lowest BCUT2D eigenvalue weighted by molar-refractivity contribution is 0.0943. The van der Waals surface area contributed by atoms with Crippen LogP contribution in [0.25, 0.3) is 10.9 Å². The van der Waals surface area contributed by atoms with Crippen molar-refractivity contribution in [3.63, 3.8) is 0 Å². The third-order valence-electron chi connectivity index (χ3n) is 5.13. The molecule has 1 amide bonds. The van der Waals surface area contributed by atoms with Crippen molar-refractivity contribution in [2.45, 2.75) is 44.6 Å². The van der Waals surface area contributed by atoms with Crippen LogP contribution in [0.4, 0.5) is 0 Å². The molecule has 1 N–H and O–H groups in total. The van der Waals surface area contributed by atoms with Gasteiger partial charge in [0.15, 0.2) is 0 Å². The number of fused-ring (bicyclic) bond motifs is 1. The van der Waals surface area contributed by atoms with Gasteiger partial charge in [-0.3, -0.25) is 14.8 Å². The number of pyridine rings is 2. The number of aromatic nitrogens is 2. The molecule has 1 spiro atoms. The number of nitrogens with zero attached hydrogens (tertiary/aromatic N) is 2. The fourth-order valence-electron chi connectivity index (χ4n) is 3.78. The molecule has 4 nitrogen and oxygen atoms in total. The first kappa shape index (κ1) is 12.7. The van der Waals surface area contributed by atoms with Crippen LogP contribution in [0.15, 0.2) is 30.7 Å². The van der Waals surface area contributed by atoms with Gasteiger partial charge in [0.05, 0.1) is 11.1 Å². The van der Waals surface area contributed by atoms with E-state index in [1.54, 1.807) is 24.7 Å². The summed E-state index contributed by atoms with van der Waals surface area (Å²) in [7, 11) is 0. The summed E-state index contributed by atoms with van der Waals surface area (Å²) in [4.78, 5) is 21.0. The van der Waals surface area contributed by atoms with Crippen LogP contribution in [-0.4, -0.2) is 21.9 Å². The molecule has 2 aromatic heterocycles. The van der Waals surface area contributed by atoms with Gasteiger partial charge in [-0.25, -0.2) is 0 Å². The third-order valence-corrected chi connectivity index (χ3v) is 5.13. The molecule has 1 unspecified atom stereocenters. The van der Waals surface area contributed by atoms with E-state index in [4.69, 9.17) is 0 Å². The van der Waals surface area contributed by atoms with Crippen LogP contribution in [0.1, 0.15) is 48.9 Å². The Morgan fingerprint density at radius 1 is 1.19 bits per heavy atom. The normalized spacial score (nSPS) is 23.1. The van der Waals surface area contributed by atoms with Crippen molar-refractivity contribution in [1.29, 1.82) is 0 Å². The highest BCUT2D eigenvalue weighted by Crippen LogP contribution is 2.56. The predicted octanol–water partition coefficient (Wildman–Crippen LogP) is 3.08. The number of carbonyl (C=O) groups excluding carboxylic acids is 1. The topological polar surface area (TPSA) is 54.9 Å². The van der Waals surface area contributed by atoms with Gasteiger partial charge in [0.1, 0.15) is 0 Å². The van der Waals surface area contributed by atoms with Gasteiger partial charge < -0.3 is 5.32 Å². The zero-order valence-electron chi connectivity index (χ0n) is 12.0. The maximum absolute atomic E-state index is 12.6. The van der Waals surface area contributed by atoms with E-state index >= 15 is 0 Å². The SMILES string of the molecule is O=C(NC1CC12CCCCC2)c1ccnc2ccncc12. The lowest BCUT2D eigenvalue weighted by atomic mass is 9.86. The first-order valence-corrected chi connectivity index (χ1v) is 7.78. The summed E-state index contributed by atoms with van der Waals surface area (Å²) in [6.07, 6.45) is 12.8. The second kappa shape index (κ2) is 4.79. The molecule has 2 aliphatic rings. The van der Waals surface area contributed by atoms with Gasteiger partial charge in [0.2, 0.25) is 0 Å². The number of rotatable bonds is 2. The van der Waals surface area contributed by atoms with Gasteiger partial charge in [-0.1, -0.05) is 19.3 Å². The Kier molecular flexibility index (Phi) is 2.91. The fraction of sp³-hybridized carbons (Fsp3) is 0.471. The van der Waals surface area contributed by atoms with Crippen LogP contribution in [-0.2, 0) is 0 Å². The minimum Gasteiger partial charge on any atom is -0.349 e. The summed E-state index contributed by atoms with van der Waals surface area (Å²) >= 11 is 0. The number of hydrogen-bond donors (Lipinski definition) is 1. The van der Waals surface area contributed by atoms with Gasteiger partial charge in [0, 0.05) is 30.0 Å². The van der Waals surface area contributed by atoms with Crippen LogP contribution in [0.5, 0.6) is 0 Å². The molecule has 0 radical (unpaired) electrons. The lowest BCUT2D eigenvalue weighted by Crippen LogP contribution is -2.30. The fourth-order valence-corrected chi connectivity index (χ4v) is 3.78. The molecular formula is C17H19N3O. The molecule has 2 heterocycles. The molecular weight excluding hydrogens is 262 g/mol. The van der Waals surface area contributed by atoms with E-state index < -0.39 is 0 Å². The largest absolute Gasteiger partial charge is 0.349 e. The smallest absolute Gasteiger partial charge is 0.252 e. The molecule has 4 heteroatoms. The zero-order chi connectivity index (χ0) is 14.3. The van der Waals surface area contributed by atoms with Gasteiger partial charge in [-0.05, 0) is 36.8 Å². The van der Waals surface area contributed by atoms with E-state index in [0.717, 1.165) is 17.3 Å². The Hall–Kier alpha value is -1.97. The van der Waals surface area contributed by atoms with Gasteiger partial charge >= 0.3 is 0 Å². The average molecular weight is 281 g/mol. The Morgan fingerprint density at radius 3 is 2.90 bits per heavy atom. The van der Waals surface area contributed by atoms with Crippen LogP contribution in [0.2, 0.25) is 0 Å². The first-order valence-electron chi connectivity index (χ1n) is 7.78. The van der Waals surface area contributed by atoms with Gasteiger partial charge in [-0.2, -0.15) is 0 Å². The number of carbonyl (C=O) groups is 1. The quantitative estimate of drug-likeness (QED) is 0.920. The van der Waals surface area contributed by atoms with Crippen LogP contribution >= 0.6 is 0 Å². The second-order valence-corrected chi connectivity index (χ2v) is 6.40. The molecule has 21 heavy (non-hydrogen) atoms. The highest BCUT2D eigenvalue weighted by atomic mass is 16.1. The predicted molar refractivity (Wildman–Crippen MR) is 80.9 cm³/mol. The van der Waals surface area contributed by atoms with Crippen molar-refractivity contribution < 1.29 is 4.79 Å². The molecule has 2 saturated carbocycles. The molecule has 2 fully saturated rings. The standard InChI is InChI=1S/C17H19N3O/c21-16(20-15-10-17(15)6-2-1-3-7-17)12-4-9-19-14-5-8-18-11-13(12)14/h4-5,8-9,11,15H,1-3,6-7,10H2,(H,20,21). The Bertz CT molecular complexity index is 686. The van der Waals surface area contributed by atoms with Crippen molar-refractivity contribution in [2.24, 2.45) is 5.41 Å². The molecule has 0 aromatic carbocycles. The number of nitrogens with one attached hydrogen (secondary N) is 1. The first-order chi connectivity index (χ1) is 10.3. The molecule has 4 rings (SSSR count). The van der Waals surface area contributed by atoms with Gasteiger partial charge in [0.25, 0.3) is 5.91 Å². The zero-order valence-corrected chi connectivity index (χ0v) is 12.0. The summed E-state index contributed by atoms with van der Waals surface area (Å²) in [6.45, 7) is 0. The van der Waals surface area contributed by atoms with Gasteiger partial charge in [-0.15, -0.1) is 0 Å². The average Bonchev–Trinajstić information content (AvgIpc) is 3.18. The Morgan fingerprint density at radius 2 is 2.05 bits per heavy atom. The monoisotopic (exact) mass is 281 g/mol. The van der Waals surface area contributed by atoms with Crippen LogP contribution in [0.3, 0.4) is 0 Å². The second-order valence-electron chi connectivity index (χ2n) is 6.40. The van der Waals surface area contributed by atoms with Crippen molar-refractivity contribution in [3.05, 3.63) is 36.3 Å². The third kappa shape index (κ3) is 2.19. The highest BCUT2D eigenvalue weighted by Gasteiger charge is 2.54. The van der Waals surface area contributed by atoms with Crippen LogP contribution < -0.4 is 5.32 Å². The van der Waals surface area contributed by atoms with Crippen molar-refractivity contribution in [2.75, 3.05) is 0 Å². The van der Waals surface area contributed by atoms with Crippen molar-refractivity contribution in [3.8, 4) is 0 Å². The minimum absolute atomic E-state index is 0.0165. The molecule has 0 aliphatic heterocycles. The van der Waals surface area contributed by atoms with Crippen molar-refractivity contribution in [1.82, 2.24) is 15.3 Å². The molecule has 2 aromatic rings. The summed E-state index contributed by atoms with van der Waals surface area (Å²) < 4.78 is 0. The molecule has 2 aliphatic carbocycles. The molecule has 0 saturated heterocycles. The summed E-state index contributed by atoms with van der Waals surface area (Å²) in [5.74, 6) is 0.0165. The van der Waals surface area contributed by atoms with E-state index in [1.165, 1.54) is 32.1 Å². The highest BCUT2D eigenvalue weighted by molar-refractivity contribution is 6.05.